The number of nitrogens with one attached hydrogen (secondary N) is 1. The number of aryl methyl sites for hydroxylation is 2. The van der Waals surface area contributed by atoms with Gasteiger partial charge in [-0.25, -0.2) is 0 Å². The summed E-state index contributed by atoms with van der Waals surface area (Å²) in [5.41, 5.74) is 1.85. The summed E-state index contributed by atoms with van der Waals surface area (Å²) in [6.45, 7) is 4.09. The minimum absolute atomic E-state index is 0.125. The van der Waals surface area contributed by atoms with Crippen LogP contribution < -0.4 is 5.32 Å². The number of carbonyl (C=O) groups is 1. The third-order valence-electron chi connectivity index (χ3n) is 3.32. The van der Waals surface area contributed by atoms with Crippen molar-refractivity contribution in [3.63, 3.8) is 0 Å². The van der Waals surface area contributed by atoms with E-state index in [-0.39, 0.29) is 12.1 Å². The first-order chi connectivity index (χ1) is 11.3. The van der Waals surface area contributed by atoms with Crippen molar-refractivity contribution in [3.8, 4) is 0 Å². The van der Waals surface area contributed by atoms with Crippen LogP contribution in [0.5, 0.6) is 0 Å². The molecule has 0 aromatic heterocycles. The molecule has 0 fully saturated rings. The molecule has 0 aliphatic heterocycles. The number of non-ortho nitro benzene ring substituents is 2. The summed E-state index contributed by atoms with van der Waals surface area (Å²) in [4.78, 5) is 32.4. The normalized spacial score (nSPS) is 10.2. The van der Waals surface area contributed by atoms with Gasteiger partial charge < -0.3 is 5.32 Å². The van der Waals surface area contributed by atoms with Gasteiger partial charge in [0.15, 0.2) is 0 Å². The average Bonchev–Trinajstić information content (AvgIpc) is 2.51. The Labute approximate surface area is 137 Å². The number of nitro benzene ring substituents is 2. The van der Waals surface area contributed by atoms with Crippen LogP contribution in [0, 0.1) is 34.1 Å². The third-order valence-corrected chi connectivity index (χ3v) is 3.32. The van der Waals surface area contributed by atoms with Gasteiger partial charge in [-0.3, -0.25) is 25.0 Å². The molecule has 0 aliphatic carbocycles. The fourth-order valence-electron chi connectivity index (χ4n) is 2.39. The number of hydrogen-bond donors (Lipinski definition) is 1. The zero-order valence-electron chi connectivity index (χ0n) is 13.1. The zero-order chi connectivity index (χ0) is 17.9. The Bertz CT molecular complexity index is 780. The fraction of sp³-hybridized carbons (Fsp3) is 0.188. The Morgan fingerprint density at radius 3 is 1.88 bits per heavy atom. The van der Waals surface area contributed by atoms with Gasteiger partial charge >= 0.3 is 0 Å². The maximum Gasteiger partial charge on any atom is 0.277 e. The van der Waals surface area contributed by atoms with E-state index in [9.17, 15) is 25.0 Å². The highest BCUT2D eigenvalue weighted by Crippen LogP contribution is 2.22. The Kier molecular flexibility index (Phi) is 4.88. The standard InChI is InChI=1S/C16H15N3O5/c1-10-3-11(2)5-12(4-10)9-17-16(20)13-6-14(18(21)22)8-15(7-13)19(23)24/h3-8H,9H2,1-2H3,(H,17,20). The van der Waals surface area contributed by atoms with E-state index in [1.165, 1.54) is 0 Å². The Morgan fingerprint density at radius 1 is 0.917 bits per heavy atom. The molecule has 2 aromatic carbocycles. The predicted molar refractivity (Wildman–Crippen MR) is 86.8 cm³/mol. The van der Waals surface area contributed by atoms with Crippen molar-refractivity contribution in [3.05, 3.63) is 78.9 Å². The van der Waals surface area contributed by atoms with E-state index in [2.05, 4.69) is 5.32 Å². The van der Waals surface area contributed by atoms with Crippen molar-refractivity contribution in [1.82, 2.24) is 5.32 Å². The molecule has 0 saturated carbocycles. The van der Waals surface area contributed by atoms with Gasteiger partial charge in [-0.05, 0) is 19.4 Å². The van der Waals surface area contributed by atoms with E-state index in [4.69, 9.17) is 0 Å². The molecule has 0 unspecified atom stereocenters. The van der Waals surface area contributed by atoms with Crippen molar-refractivity contribution in [1.29, 1.82) is 0 Å². The van der Waals surface area contributed by atoms with Crippen LogP contribution in [0.3, 0.4) is 0 Å². The quantitative estimate of drug-likeness (QED) is 0.668. The smallest absolute Gasteiger partial charge is 0.277 e. The molecule has 124 valence electrons. The van der Waals surface area contributed by atoms with Crippen LogP contribution in [0.2, 0.25) is 0 Å². The molecule has 1 N–H and O–H groups in total. The minimum atomic E-state index is -0.770. The van der Waals surface area contributed by atoms with Crippen LogP contribution in [0.15, 0.2) is 36.4 Å². The number of rotatable bonds is 5. The summed E-state index contributed by atoms with van der Waals surface area (Å²) >= 11 is 0. The van der Waals surface area contributed by atoms with Crippen molar-refractivity contribution in [2.24, 2.45) is 0 Å². The van der Waals surface area contributed by atoms with Crippen LogP contribution in [0.4, 0.5) is 11.4 Å². The van der Waals surface area contributed by atoms with E-state index in [0.29, 0.717) is 0 Å². The molecule has 0 bridgehead atoms. The van der Waals surface area contributed by atoms with E-state index in [1.54, 1.807) is 0 Å². The molecule has 0 spiro atoms. The molecule has 0 atom stereocenters. The molecule has 0 saturated heterocycles. The summed E-state index contributed by atoms with van der Waals surface area (Å²) in [7, 11) is 0. The second kappa shape index (κ2) is 6.86. The molecule has 24 heavy (non-hydrogen) atoms. The first kappa shape index (κ1) is 17.1. The first-order valence-corrected chi connectivity index (χ1v) is 7.05. The average molecular weight is 329 g/mol. The largest absolute Gasteiger partial charge is 0.348 e. The summed E-state index contributed by atoms with van der Waals surface area (Å²) in [5, 5.41) is 24.3. The molecule has 2 rings (SSSR count). The highest BCUT2D eigenvalue weighted by Gasteiger charge is 2.19. The monoisotopic (exact) mass is 329 g/mol. The lowest BCUT2D eigenvalue weighted by molar-refractivity contribution is -0.394. The van der Waals surface area contributed by atoms with Gasteiger partial charge in [-0.2, -0.15) is 0 Å². The second-order valence-corrected chi connectivity index (χ2v) is 5.43. The third kappa shape index (κ3) is 4.13. The number of nitro groups is 2. The van der Waals surface area contributed by atoms with Crippen LogP contribution in [0.1, 0.15) is 27.0 Å². The van der Waals surface area contributed by atoms with E-state index in [0.717, 1.165) is 34.9 Å². The SMILES string of the molecule is Cc1cc(C)cc(CNC(=O)c2cc([N+](=O)[O-])cc([N+](=O)[O-])c2)c1. The molecule has 8 heteroatoms. The van der Waals surface area contributed by atoms with Gasteiger partial charge in [0.2, 0.25) is 0 Å². The highest BCUT2D eigenvalue weighted by atomic mass is 16.6. The molecule has 8 nitrogen and oxygen atoms in total. The Hall–Kier alpha value is -3.29. The van der Waals surface area contributed by atoms with Gasteiger partial charge in [0, 0.05) is 18.7 Å². The molecule has 1 amide bonds. The predicted octanol–water partition coefficient (Wildman–Crippen LogP) is 3.05. The number of nitrogens with zero attached hydrogens (tertiary/aromatic N) is 2. The Morgan fingerprint density at radius 2 is 1.42 bits per heavy atom. The number of carbonyl (C=O) groups excluding carboxylic acids is 1. The molecule has 0 heterocycles. The molecule has 2 aromatic rings. The lowest BCUT2D eigenvalue weighted by atomic mass is 10.1. The van der Waals surface area contributed by atoms with Crippen LogP contribution in [-0.4, -0.2) is 15.8 Å². The second-order valence-electron chi connectivity index (χ2n) is 5.43. The summed E-state index contributed by atoms with van der Waals surface area (Å²) in [5.74, 6) is -0.610. The maximum atomic E-state index is 12.2. The van der Waals surface area contributed by atoms with Gasteiger partial charge in [0.05, 0.1) is 21.5 Å². The van der Waals surface area contributed by atoms with Crippen molar-refractivity contribution in [2.75, 3.05) is 0 Å². The summed E-state index contributed by atoms with van der Waals surface area (Å²) in [6, 6.07) is 8.66. The van der Waals surface area contributed by atoms with Gasteiger partial charge in [0.25, 0.3) is 17.3 Å². The van der Waals surface area contributed by atoms with E-state index >= 15 is 0 Å². The van der Waals surface area contributed by atoms with Crippen LogP contribution >= 0.6 is 0 Å². The van der Waals surface area contributed by atoms with Gasteiger partial charge in [0.1, 0.15) is 0 Å². The fourth-order valence-corrected chi connectivity index (χ4v) is 2.39. The number of benzene rings is 2. The van der Waals surface area contributed by atoms with Crippen molar-refractivity contribution in [2.45, 2.75) is 20.4 Å². The first-order valence-electron chi connectivity index (χ1n) is 7.05. The van der Waals surface area contributed by atoms with Gasteiger partial charge in [-0.15, -0.1) is 0 Å². The summed E-state index contributed by atoms with van der Waals surface area (Å²) in [6.07, 6.45) is 0. The topological polar surface area (TPSA) is 115 Å². The van der Waals surface area contributed by atoms with Crippen molar-refractivity contribution < 1.29 is 14.6 Å². The molecular formula is C16H15N3O5. The minimum Gasteiger partial charge on any atom is -0.348 e. The number of hydrogen-bond acceptors (Lipinski definition) is 5. The van der Waals surface area contributed by atoms with Crippen LogP contribution in [-0.2, 0) is 6.54 Å². The summed E-state index contributed by atoms with van der Waals surface area (Å²) < 4.78 is 0. The van der Waals surface area contributed by atoms with E-state index in [1.807, 2.05) is 32.0 Å². The highest BCUT2D eigenvalue weighted by molar-refractivity contribution is 5.95. The molecule has 0 radical (unpaired) electrons. The number of amides is 1. The zero-order valence-corrected chi connectivity index (χ0v) is 13.1. The lowest BCUT2D eigenvalue weighted by Gasteiger charge is -2.07. The van der Waals surface area contributed by atoms with Crippen molar-refractivity contribution >= 4 is 17.3 Å². The maximum absolute atomic E-state index is 12.2. The Balaban J connectivity index is 2.22. The molecule has 0 aliphatic rings. The van der Waals surface area contributed by atoms with Gasteiger partial charge in [-0.1, -0.05) is 29.3 Å². The molecular weight excluding hydrogens is 314 g/mol. The van der Waals surface area contributed by atoms with Crippen LogP contribution in [0.25, 0.3) is 0 Å². The van der Waals surface area contributed by atoms with E-state index < -0.39 is 27.1 Å². The lowest BCUT2D eigenvalue weighted by Crippen LogP contribution is -2.23.